The summed E-state index contributed by atoms with van der Waals surface area (Å²) >= 11 is 2.39. The van der Waals surface area contributed by atoms with Crippen LogP contribution in [0.5, 0.6) is 0 Å². The highest BCUT2D eigenvalue weighted by Crippen LogP contribution is 2.41. The number of fused-ring (bicyclic) bond motifs is 1. The molecule has 0 saturated carbocycles. The Hall–Kier alpha value is 0.150. The van der Waals surface area contributed by atoms with E-state index in [1.165, 1.54) is 89.9 Å². The zero-order valence-electron chi connectivity index (χ0n) is 20.5. The zero-order valence-corrected chi connectivity index (χ0v) is 22.6. The van der Waals surface area contributed by atoms with Gasteiger partial charge in [0.05, 0.1) is 11.9 Å². The first kappa shape index (κ1) is 28.4. The smallest absolute Gasteiger partial charge is 0.196 e. The number of ether oxygens (including phenoxy) is 2. The van der Waals surface area contributed by atoms with E-state index in [9.17, 15) is 10.2 Å². The summed E-state index contributed by atoms with van der Waals surface area (Å²) < 4.78 is 12.5. The molecule has 1 fully saturated rings. The molecule has 0 bridgehead atoms. The molecular weight excluding hydrogens is 515 g/mol. The Bertz CT molecular complexity index is 498. The Morgan fingerprint density at radius 3 is 2.00 bits per heavy atom. The maximum absolute atomic E-state index is 10.3. The predicted octanol–water partition coefficient (Wildman–Crippen LogP) is 7.65. The molecule has 188 valence electrons. The van der Waals surface area contributed by atoms with Crippen LogP contribution in [0.2, 0.25) is 0 Å². The third-order valence-electron chi connectivity index (χ3n) is 7.13. The second kappa shape index (κ2) is 17.6. The standard InChI is InChI=1S/C27H49IO4/c1-2-3-4-5-6-7-8-9-10-11-12-13-14-15-16-17-26(29)31-23-19-24-22(21-28)18-27(30)32-25(24)20-23/h19,22,24-27,29-30H,2-18,20-21H2,1H3/t22?,24?,25-,26?,27?/m0/s1. The van der Waals surface area contributed by atoms with Crippen molar-refractivity contribution in [2.24, 2.45) is 11.8 Å². The van der Waals surface area contributed by atoms with Gasteiger partial charge in [-0.25, -0.2) is 0 Å². The van der Waals surface area contributed by atoms with Crippen molar-refractivity contribution >= 4 is 22.6 Å². The Kier molecular flexibility index (Phi) is 15.6. The highest BCUT2D eigenvalue weighted by molar-refractivity contribution is 14.1. The number of rotatable bonds is 19. The van der Waals surface area contributed by atoms with E-state index in [4.69, 9.17) is 9.47 Å². The fourth-order valence-electron chi connectivity index (χ4n) is 5.15. The lowest BCUT2D eigenvalue weighted by molar-refractivity contribution is -0.186. The third kappa shape index (κ3) is 11.5. The van der Waals surface area contributed by atoms with Gasteiger partial charge in [0.2, 0.25) is 0 Å². The minimum absolute atomic E-state index is 0.00603. The van der Waals surface area contributed by atoms with Crippen LogP contribution in [-0.2, 0) is 9.47 Å². The van der Waals surface area contributed by atoms with Gasteiger partial charge in [-0.15, -0.1) is 0 Å². The van der Waals surface area contributed by atoms with Gasteiger partial charge in [0, 0.05) is 29.6 Å². The number of aliphatic hydroxyl groups is 2. The molecule has 5 heteroatoms. The van der Waals surface area contributed by atoms with Crippen molar-refractivity contribution in [3.8, 4) is 0 Å². The van der Waals surface area contributed by atoms with E-state index in [0.717, 1.165) is 16.6 Å². The quantitative estimate of drug-likeness (QED) is 0.0733. The van der Waals surface area contributed by atoms with Crippen LogP contribution in [0.25, 0.3) is 0 Å². The molecule has 2 N–H and O–H groups in total. The summed E-state index contributed by atoms with van der Waals surface area (Å²) in [5.74, 6) is 1.58. The second-order valence-electron chi connectivity index (χ2n) is 10.0. The van der Waals surface area contributed by atoms with Crippen LogP contribution in [0.3, 0.4) is 0 Å². The van der Waals surface area contributed by atoms with Crippen molar-refractivity contribution in [1.82, 2.24) is 0 Å². The number of unbranched alkanes of at least 4 members (excludes halogenated alkanes) is 14. The first-order chi connectivity index (χ1) is 15.6. The van der Waals surface area contributed by atoms with E-state index < -0.39 is 12.6 Å². The van der Waals surface area contributed by atoms with E-state index in [0.29, 0.717) is 31.1 Å². The van der Waals surface area contributed by atoms with Gasteiger partial charge in [0.25, 0.3) is 0 Å². The summed E-state index contributed by atoms with van der Waals surface area (Å²) in [7, 11) is 0. The molecule has 0 aromatic carbocycles. The molecule has 1 heterocycles. The summed E-state index contributed by atoms with van der Waals surface area (Å²) in [6.07, 6.45) is 23.1. The van der Waals surface area contributed by atoms with Gasteiger partial charge in [0.15, 0.2) is 12.6 Å². The van der Waals surface area contributed by atoms with Crippen LogP contribution in [-0.4, -0.2) is 33.3 Å². The number of aliphatic hydroxyl groups excluding tert-OH is 2. The van der Waals surface area contributed by atoms with Gasteiger partial charge in [-0.1, -0.05) is 119 Å². The van der Waals surface area contributed by atoms with E-state index >= 15 is 0 Å². The van der Waals surface area contributed by atoms with E-state index in [1.54, 1.807) is 0 Å². The van der Waals surface area contributed by atoms with Crippen molar-refractivity contribution in [1.29, 1.82) is 0 Å². The summed E-state index contributed by atoms with van der Waals surface area (Å²) in [6, 6.07) is 0. The predicted molar refractivity (Wildman–Crippen MR) is 141 cm³/mol. The molecule has 1 saturated heterocycles. The van der Waals surface area contributed by atoms with E-state index in [2.05, 4.69) is 35.6 Å². The van der Waals surface area contributed by atoms with Crippen LogP contribution in [0.1, 0.15) is 122 Å². The van der Waals surface area contributed by atoms with Crippen molar-refractivity contribution in [3.63, 3.8) is 0 Å². The van der Waals surface area contributed by atoms with Crippen molar-refractivity contribution in [2.45, 2.75) is 141 Å². The van der Waals surface area contributed by atoms with Crippen molar-refractivity contribution in [2.75, 3.05) is 4.43 Å². The lowest BCUT2D eigenvalue weighted by atomic mass is 9.86. The zero-order chi connectivity index (χ0) is 23.0. The van der Waals surface area contributed by atoms with E-state index in [1.807, 2.05) is 0 Å². The third-order valence-corrected chi connectivity index (χ3v) is 8.26. The van der Waals surface area contributed by atoms with Crippen LogP contribution in [0, 0.1) is 11.8 Å². The van der Waals surface area contributed by atoms with Crippen LogP contribution in [0.4, 0.5) is 0 Å². The van der Waals surface area contributed by atoms with E-state index in [-0.39, 0.29) is 6.10 Å². The van der Waals surface area contributed by atoms with Crippen LogP contribution < -0.4 is 0 Å². The van der Waals surface area contributed by atoms with Gasteiger partial charge in [-0.2, -0.15) is 0 Å². The molecule has 2 rings (SSSR count). The van der Waals surface area contributed by atoms with Crippen molar-refractivity contribution in [3.05, 3.63) is 11.8 Å². The Labute approximate surface area is 211 Å². The fourth-order valence-corrected chi connectivity index (χ4v) is 6.10. The molecule has 0 aromatic heterocycles. The molecule has 2 aliphatic rings. The minimum atomic E-state index is -0.716. The maximum atomic E-state index is 10.3. The molecule has 0 radical (unpaired) electrons. The molecule has 5 atom stereocenters. The number of hydrogen-bond donors (Lipinski definition) is 2. The molecule has 1 aliphatic heterocycles. The summed E-state index contributed by atoms with van der Waals surface area (Å²) in [4.78, 5) is 0. The van der Waals surface area contributed by atoms with Gasteiger partial charge < -0.3 is 19.7 Å². The second-order valence-corrected chi connectivity index (χ2v) is 10.9. The number of alkyl halides is 1. The fraction of sp³-hybridized carbons (Fsp3) is 0.926. The Morgan fingerprint density at radius 2 is 1.47 bits per heavy atom. The largest absolute Gasteiger partial charge is 0.470 e. The molecular formula is C27H49IO4. The van der Waals surface area contributed by atoms with Gasteiger partial charge in [0.1, 0.15) is 0 Å². The Morgan fingerprint density at radius 1 is 0.938 bits per heavy atom. The molecule has 1 aliphatic carbocycles. The average molecular weight is 565 g/mol. The molecule has 4 nitrogen and oxygen atoms in total. The summed E-state index contributed by atoms with van der Waals surface area (Å²) in [5, 5.41) is 20.2. The van der Waals surface area contributed by atoms with Gasteiger partial charge >= 0.3 is 0 Å². The first-order valence-corrected chi connectivity index (χ1v) is 15.1. The van der Waals surface area contributed by atoms with Crippen molar-refractivity contribution < 1.29 is 19.7 Å². The molecule has 4 unspecified atom stereocenters. The lowest BCUT2D eigenvalue weighted by Crippen LogP contribution is -2.38. The van der Waals surface area contributed by atoms with Crippen LogP contribution in [0.15, 0.2) is 11.8 Å². The summed E-state index contributed by atoms with van der Waals surface area (Å²) in [6.45, 7) is 2.28. The SMILES string of the molecule is CCCCCCCCCCCCCCCCCC(O)OC1=CC2C(CI)CC(O)O[C@H]2C1. The topological polar surface area (TPSA) is 58.9 Å². The lowest BCUT2D eigenvalue weighted by Gasteiger charge is -2.35. The molecule has 0 aromatic rings. The number of halogens is 1. The minimum Gasteiger partial charge on any atom is -0.470 e. The molecule has 0 amide bonds. The maximum Gasteiger partial charge on any atom is 0.196 e. The Balaban J connectivity index is 1.39. The number of hydrogen-bond acceptors (Lipinski definition) is 4. The van der Waals surface area contributed by atoms with Gasteiger partial charge in [-0.05, 0) is 18.4 Å². The molecule has 0 spiro atoms. The highest BCUT2D eigenvalue weighted by atomic mass is 127. The van der Waals surface area contributed by atoms with Crippen LogP contribution >= 0.6 is 22.6 Å². The normalized spacial score (nSPS) is 26.1. The average Bonchev–Trinajstić information content (AvgIpc) is 3.17. The molecule has 32 heavy (non-hydrogen) atoms. The highest BCUT2D eigenvalue weighted by Gasteiger charge is 2.41. The monoisotopic (exact) mass is 564 g/mol. The summed E-state index contributed by atoms with van der Waals surface area (Å²) in [5.41, 5.74) is 0. The van der Waals surface area contributed by atoms with Gasteiger partial charge in [-0.3, -0.25) is 0 Å². The first-order valence-electron chi connectivity index (χ1n) is 13.6.